The van der Waals surface area contributed by atoms with Crippen LogP contribution in [0, 0.1) is 0 Å². The van der Waals surface area contributed by atoms with Crippen molar-refractivity contribution in [3.63, 3.8) is 0 Å². The molecule has 1 aromatic heterocycles. The molecular weight excluding hydrogens is 300 g/mol. The van der Waals surface area contributed by atoms with Gasteiger partial charge in [0.05, 0.1) is 0 Å². The number of hydrogen-bond acceptors (Lipinski definition) is 3. The zero-order valence-corrected chi connectivity index (χ0v) is 14.0. The van der Waals surface area contributed by atoms with E-state index in [2.05, 4.69) is 23.8 Å². The Hall–Kier alpha value is -2.59. The molecule has 0 aliphatic carbocycles. The topological polar surface area (TPSA) is 58.1 Å². The molecular formula is C20H22N2O2. The van der Waals surface area contributed by atoms with E-state index in [0.29, 0.717) is 5.82 Å². The highest BCUT2D eigenvalue weighted by Crippen LogP contribution is 2.35. The van der Waals surface area contributed by atoms with E-state index >= 15 is 0 Å². The Morgan fingerprint density at radius 2 is 1.88 bits per heavy atom. The largest absolute Gasteiger partial charge is 0.457 e. The number of aryl methyl sites for hydroxylation is 1. The highest BCUT2D eigenvalue weighted by molar-refractivity contribution is 5.49. The maximum absolute atomic E-state index is 10.8. The lowest BCUT2D eigenvalue weighted by atomic mass is 9.92. The van der Waals surface area contributed by atoms with Gasteiger partial charge in [0.25, 0.3) is 0 Å². The first-order valence-electron chi connectivity index (χ1n) is 8.29. The molecule has 4 heteroatoms. The van der Waals surface area contributed by atoms with Gasteiger partial charge in [-0.15, -0.1) is 0 Å². The molecule has 2 aromatic carbocycles. The normalized spacial score (nSPS) is 12.1. The minimum absolute atomic E-state index is 0.552. The minimum atomic E-state index is -0.788. The van der Waals surface area contributed by atoms with Crippen molar-refractivity contribution in [3.8, 4) is 11.5 Å². The van der Waals surface area contributed by atoms with Crippen LogP contribution in [0.4, 0.5) is 0 Å². The summed E-state index contributed by atoms with van der Waals surface area (Å²) in [7, 11) is 0. The molecule has 3 rings (SSSR count). The second-order valence-electron chi connectivity index (χ2n) is 5.61. The van der Waals surface area contributed by atoms with Crippen molar-refractivity contribution >= 4 is 0 Å². The van der Waals surface area contributed by atoms with Crippen LogP contribution in [0.5, 0.6) is 11.5 Å². The first-order chi connectivity index (χ1) is 11.7. The maximum atomic E-state index is 10.8. The monoisotopic (exact) mass is 322 g/mol. The summed E-state index contributed by atoms with van der Waals surface area (Å²) in [5.74, 6) is 2.12. The van der Waals surface area contributed by atoms with Gasteiger partial charge in [0.2, 0.25) is 0 Å². The average Bonchev–Trinajstić information content (AvgIpc) is 3.16. The molecule has 0 fully saturated rings. The van der Waals surface area contributed by atoms with Gasteiger partial charge in [-0.2, -0.15) is 0 Å². The molecule has 24 heavy (non-hydrogen) atoms. The van der Waals surface area contributed by atoms with Gasteiger partial charge in [-0.05, 0) is 42.2 Å². The Morgan fingerprint density at radius 3 is 2.50 bits per heavy atom. The Kier molecular flexibility index (Phi) is 4.96. The molecule has 4 nitrogen and oxygen atoms in total. The van der Waals surface area contributed by atoms with E-state index in [9.17, 15) is 5.11 Å². The number of nitrogens with one attached hydrogen (secondary N) is 1. The van der Waals surface area contributed by atoms with Crippen LogP contribution >= 0.6 is 0 Å². The van der Waals surface area contributed by atoms with Crippen molar-refractivity contribution in [3.05, 3.63) is 77.4 Å². The number of ether oxygens (including phenoxy) is 1. The summed E-state index contributed by atoms with van der Waals surface area (Å²) in [5.41, 5.74) is 3.02. The molecule has 0 aliphatic rings. The second-order valence-corrected chi connectivity index (χ2v) is 5.61. The Labute approximate surface area is 142 Å². The lowest BCUT2D eigenvalue weighted by Gasteiger charge is -2.21. The minimum Gasteiger partial charge on any atom is -0.457 e. The number of aliphatic hydroxyl groups is 1. The van der Waals surface area contributed by atoms with Crippen molar-refractivity contribution in [1.82, 2.24) is 9.97 Å². The molecule has 3 aromatic rings. The van der Waals surface area contributed by atoms with Gasteiger partial charge >= 0.3 is 0 Å². The molecule has 1 unspecified atom stereocenters. The van der Waals surface area contributed by atoms with E-state index in [-0.39, 0.29) is 0 Å². The van der Waals surface area contributed by atoms with E-state index in [1.165, 1.54) is 0 Å². The number of rotatable bonds is 6. The van der Waals surface area contributed by atoms with Crippen LogP contribution < -0.4 is 4.74 Å². The molecule has 0 aliphatic heterocycles. The zero-order valence-electron chi connectivity index (χ0n) is 14.0. The van der Waals surface area contributed by atoms with Gasteiger partial charge in [-0.25, -0.2) is 4.98 Å². The fourth-order valence-electron chi connectivity index (χ4n) is 2.98. The van der Waals surface area contributed by atoms with E-state index in [1.54, 1.807) is 12.4 Å². The van der Waals surface area contributed by atoms with E-state index < -0.39 is 6.10 Å². The zero-order chi connectivity index (χ0) is 16.9. The van der Waals surface area contributed by atoms with Crippen LogP contribution in [0.3, 0.4) is 0 Å². The van der Waals surface area contributed by atoms with Crippen molar-refractivity contribution in [2.45, 2.75) is 32.8 Å². The van der Waals surface area contributed by atoms with Crippen molar-refractivity contribution < 1.29 is 9.84 Å². The molecule has 0 bridgehead atoms. The number of para-hydroxylation sites is 1. The molecule has 0 saturated heterocycles. The highest BCUT2D eigenvalue weighted by atomic mass is 16.5. The summed E-state index contributed by atoms with van der Waals surface area (Å²) < 4.78 is 6.07. The molecule has 1 heterocycles. The first-order valence-corrected chi connectivity index (χ1v) is 8.29. The van der Waals surface area contributed by atoms with Gasteiger partial charge in [0.15, 0.2) is 0 Å². The molecule has 0 saturated carbocycles. The summed E-state index contributed by atoms with van der Waals surface area (Å²) in [6.07, 6.45) is 4.19. The first kappa shape index (κ1) is 16.3. The van der Waals surface area contributed by atoms with Crippen LogP contribution in [0.2, 0.25) is 0 Å². The van der Waals surface area contributed by atoms with Crippen LogP contribution in [-0.2, 0) is 12.8 Å². The van der Waals surface area contributed by atoms with Gasteiger partial charge in [-0.1, -0.05) is 38.1 Å². The van der Waals surface area contributed by atoms with E-state index in [4.69, 9.17) is 4.74 Å². The Bertz CT molecular complexity index is 783. The van der Waals surface area contributed by atoms with Crippen molar-refractivity contribution in [1.29, 1.82) is 0 Å². The van der Waals surface area contributed by atoms with Crippen LogP contribution in [0.1, 0.15) is 42.5 Å². The number of aromatic amines is 1. The van der Waals surface area contributed by atoms with E-state index in [0.717, 1.165) is 41.0 Å². The number of imidazole rings is 1. The Morgan fingerprint density at radius 1 is 1.08 bits per heavy atom. The third kappa shape index (κ3) is 3.19. The molecule has 0 spiro atoms. The molecule has 1 atom stereocenters. The molecule has 0 radical (unpaired) electrons. The molecule has 2 N–H and O–H groups in total. The summed E-state index contributed by atoms with van der Waals surface area (Å²) >= 11 is 0. The number of H-pyrrole nitrogens is 1. The standard InChI is InChI=1S/C20H22N2O2/c1-3-14-10-11-17(24-15-8-6-5-7-9-15)16(4-2)18(14)19(23)20-21-12-13-22-20/h5-13,19,23H,3-4H2,1-2H3,(H,21,22). The quantitative estimate of drug-likeness (QED) is 0.707. The second kappa shape index (κ2) is 7.32. The van der Waals surface area contributed by atoms with Crippen molar-refractivity contribution in [2.75, 3.05) is 0 Å². The lowest BCUT2D eigenvalue weighted by molar-refractivity contribution is 0.208. The van der Waals surface area contributed by atoms with Gasteiger partial charge in [0, 0.05) is 18.0 Å². The fraction of sp³-hybridized carbons (Fsp3) is 0.250. The van der Waals surface area contributed by atoms with Gasteiger partial charge in [-0.3, -0.25) is 0 Å². The SMILES string of the molecule is CCc1ccc(Oc2ccccc2)c(CC)c1C(O)c1ncc[nH]1. The predicted octanol–water partition coefficient (Wildman–Crippen LogP) is 4.41. The third-order valence-corrected chi connectivity index (χ3v) is 4.16. The fourth-order valence-corrected chi connectivity index (χ4v) is 2.98. The molecule has 0 amide bonds. The lowest BCUT2D eigenvalue weighted by Crippen LogP contribution is -2.10. The number of aliphatic hydroxyl groups excluding tert-OH is 1. The molecule has 124 valence electrons. The summed E-state index contributed by atoms with van der Waals surface area (Å²) in [6.45, 7) is 4.16. The van der Waals surface area contributed by atoms with Crippen LogP contribution in [0.15, 0.2) is 54.9 Å². The summed E-state index contributed by atoms with van der Waals surface area (Å²) in [4.78, 5) is 7.22. The summed E-state index contributed by atoms with van der Waals surface area (Å²) in [5, 5.41) is 10.8. The summed E-state index contributed by atoms with van der Waals surface area (Å²) in [6, 6.07) is 13.7. The maximum Gasteiger partial charge on any atom is 0.139 e. The number of hydrogen-bond donors (Lipinski definition) is 2. The predicted molar refractivity (Wildman–Crippen MR) is 94.4 cm³/mol. The van der Waals surface area contributed by atoms with E-state index in [1.807, 2.05) is 42.5 Å². The van der Waals surface area contributed by atoms with Gasteiger partial charge in [0.1, 0.15) is 23.4 Å². The number of aromatic nitrogens is 2. The van der Waals surface area contributed by atoms with Crippen molar-refractivity contribution in [2.24, 2.45) is 0 Å². The van der Waals surface area contributed by atoms with Crippen LogP contribution in [-0.4, -0.2) is 15.1 Å². The third-order valence-electron chi connectivity index (χ3n) is 4.16. The highest BCUT2D eigenvalue weighted by Gasteiger charge is 2.22. The smallest absolute Gasteiger partial charge is 0.139 e. The number of nitrogens with zero attached hydrogens (tertiary/aromatic N) is 1. The number of benzene rings is 2. The van der Waals surface area contributed by atoms with Crippen LogP contribution in [0.25, 0.3) is 0 Å². The van der Waals surface area contributed by atoms with Gasteiger partial charge < -0.3 is 14.8 Å². The average molecular weight is 322 g/mol. The Balaban J connectivity index is 2.07.